The topological polar surface area (TPSA) is 163 Å². The highest BCUT2D eigenvalue weighted by molar-refractivity contribution is 6.03. The van der Waals surface area contributed by atoms with Gasteiger partial charge in [-0.25, -0.2) is 0 Å². The molecule has 2 N–H and O–H groups in total. The first-order valence-electron chi connectivity index (χ1n) is 10.5. The first-order valence-corrected chi connectivity index (χ1v) is 10.5. The van der Waals surface area contributed by atoms with Crippen LogP contribution in [-0.4, -0.2) is 40.7 Å². The lowest BCUT2D eigenvalue weighted by atomic mass is 9.67. The number of methoxy groups -OCH3 is 1. The summed E-state index contributed by atoms with van der Waals surface area (Å²) in [6.45, 7) is 0. The van der Waals surface area contributed by atoms with Gasteiger partial charge in [0.25, 0.3) is 5.69 Å². The number of ether oxygens (including phenoxy) is 1. The molecule has 0 unspecified atom stereocenters. The highest BCUT2D eigenvalue weighted by atomic mass is 16.6. The van der Waals surface area contributed by atoms with E-state index in [1.807, 2.05) is 12.1 Å². The van der Waals surface area contributed by atoms with Crippen molar-refractivity contribution < 1.29 is 19.2 Å². The average Bonchev–Trinajstić information content (AvgIpc) is 3.18. The van der Waals surface area contributed by atoms with Crippen LogP contribution in [0.2, 0.25) is 0 Å². The van der Waals surface area contributed by atoms with Gasteiger partial charge in [0.15, 0.2) is 11.2 Å². The number of hydrogen-bond donors (Lipinski definition) is 1. The quantitative estimate of drug-likeness (QED) is 0.383. The van der Waals surface area contributed by atoms with E-state index in [9.17, 15) is 30.2 Å². The lowest BCUT2D eigenvalue weighted by molar-refractivity contribution is -0.384. The summed E-state index contributed by atoms with van der Waals surface area (Å²) in [6.07, 6.45) is 4.38. The monoisotopic (exact) mass is 469 g/mol. The van der Waals surface area contributed by atoms with Gasteiger partial charge in [0, 0.05) is 29.8 Å². The number of amides is 1. The standard InChI is InChI=1S/C25H19N5O5/c1-35-19-8-6-16(7-9-19)23(31)22-21(17-3-2-4-18(11-17)30(33)34)25(14-27,24(28)32)20-10-5-15(12-26)13-29(20)22/h2-11,13,20-22H,1H3,(H2,28,32)/t20-,21+,22+,25+/m1/s1. The van der Waals surface area contributed by atoms with Crippen LogP contribution < -0.4 is 10.5 Å². The smallest absolute Gasteiger partial charge is 0.269 e. The fraction of sp³-hybridized carbons (Fsp3) is 0.200. The highest BCUT2D eigenvalue weighted by Gasteiger charge is 2.65. The zero-order valence-electron chi connectivity index (χ0n) is 18.5. The summed E-state index contributed by atoms with van der Waals surface area (Å²) < 4.78 is 5.15. The largest absolute Gasteiger partial charge is 0.497 e. The molecule has 0 spiro atoms. The number of fused-ring (bicyclic) bond motifs is 1. The predicted molar refractivity (Wildman–Crippen MR) is 123 cm³/mol. The third-order valence-electron chi connectivity index (χ3n) is 6.47. The molecule has 2 aromatic rings. The van der Waals surface area contributed by atoms with Crippen molar-refractivity contribution in [3.63, 3.8) is 0 Å². The van der Waals surface area contributed by atoms with Crippen molar-refractivity contribution in [3.8, 4) is 17.9 Å². The lowest BCUT2D eigenvalue weighted by Gasteiger charge is -2.31. The SMILES string of the molecule is COc1ccc(C(=O)[C@@H]2[C@H](c3cccc([N+](=O)[O-])c3)[C@@](C#N)(C(N)=O)[C@H]3C=CC(C#N)=CN23)cc1. The van der Waals surface area contributed by atoms with Crippen LogP contribution in [0.5, 0.6) is 5.75 Å². The molecule has 0 saturated carbocycles. The number of carbonyl (C=O) groups excluding carboxylic acids is 2. The molecule has 4 atom stereocenters. The molecule has 0 aliphatic carbocycles. The van der Waals surface area contributed by atoms with Gasteiger partial charge >= 0.3 is 0 Å². The number of non-ortho nitro benzene ring substituents is 1. The second-order valence-corrected chi connectivity index (χ2v) is 8.16. The van der Waals surface area contributed by atoms with E-state index in [1.54, 1.807) is 24.3 Å². The van der Waals surface area contributed by atoms with Gasteiger partial charge in [-0.05, 0) is 35.9 Å². The molecule has 2 heterocycles. The number of benzene rings is 2. The molecular formula is C25H19N5O5. The number of nitro groups is 1. The van der Waals surface area contributed by atoms with E-state index in [0.717, 1.165) is 0 Å². The second-order valence-electron chi connectivity index (χ2n) is 8.16. The molecule has 0 aromatic heterocycles. The van der Waals surface area contributed by atoms with Crippen LogP contribution in [0.4, 0.5) is 5.69 Å². The Kier molecular flexibility index (Phi) is 5.81. The van der Waals surface area contributed by atoms with Gasteiger partial charge in [-0.15, -0.1) is 0 Å². The summed E-state index contributed by atoms with van der Waals surface area (Å²) >= 11 is 0. The zero-order chi connectivity index (χ0) is 25.3. The van der Waals surface area contributed by atoms with E-state index >= 15 is 0 Å². The van der Waals surface area contributed by atoms with Gasteiger partial charge in [0.1, 0.15) is 17.9 Å². The molecule has 2 aromatic carbocycles. The first-order chi connectivity index (χ1) is 16.8. The van der Waals surface area contributed by atoms with Gasteiger partial charge in [-0.1, -0.05) is 18.2 Å². The van der Waals surface area contributed by atoms with Gasteiger partial charge in [-0.2, -0.15) is 10.5 Å². The maximum Gasteiger partial charge on any atom is 0.269 e. The molecule has 10 heteroatoms. The molecular weight excluding hydrogens is 450 g/mol. The number of nitrogens with zero attached hydrogens (tertiary/aromatic N) is 4. The molecule has 10 nitrogen and oxygen atoms in total. The molecule has 2 aliphatic rings. The summed E-state index contributed by atoms with van der Waals surface area (Å²) in [5, 5.41) is 31.3. The van der Waals surface area contributed by atoms with Crippen molar-refractivity contribution in [1.29, 1.82) is 10.5 Å². The van der Waals surface area contributed by atoms with E-state index < -0.39 is 40.0 Å². The third-order valence-corrected chi connectivity index (χ3v) is 6.47. The summed E-state index contributed by atoms with van der Waals surface area (Å²) in [6, 6.07) is 13.7. The highest BCUT2D eigenvalue weighted by Crippen LogP contribution is 2.54. The lowest BCUT2D eigenvalue weighted by Crippen LogP contribution is -2.47. The van der Waals surface area contributed by atoms with Crippen LogP contribution in [0.1, 0.15) is 21.8 Å². The Morgan fingerprint density at radius 2 is 1.91 bits per heavy atom. The van der Waals surface area contributed by atoms with Crippen molar-refractivity contribution in [3.05, 3.63) is 93.7 Å². The van der Waals surface area contributed by atoms with Gasteiger partial charge in [0.05, 0.1) is 29.7 Å². The van der Waals surface area contributed by atoms with Crippen molar-refractivity contribution >= 4 is 17.4 Å². The van der Waals surface area contributed by atoms with E-state index in [4.69, 9.17) is 10.5 Å². The van der Waals surface area contributed by atoms with Gasteiger partial charge in [0.2, 0.25) is 5.91 Å². The van der Waals surface area contributed by atoms with Crippen molar-refractivity contribution in [2.75, 3.05) is 7.11 Å². The molecule has 0 radical (unpaired) electrons. The molecule has 174 valence electrons. The van der Waals surface area contributed by atoms with E-state index in [0.29, 0.717) is 5.75 Å². The Morgan fingerprint density at radius 1 is 1.20 bits per heavy atom. The second kappa shape index (κ2) is 8.76. The first kappa shape index (κ1) is 23.2. The number of nitrogens with two attached hydrogens (primary N) is 1. The van der Waals surface area contributed by atoms with Crippen molar-refractivity contribution in [2.24, 2.45) is 11.1 Å². The van der Waals surface area contributed by atoms with Crippen LogP contribution >= 0.6 is 0 Å². The van der Waals surface area contributed by atoms with Crippen molar-refractivity contribution in [2.45, 2.75) is 18.0 Å². The normalized spacial score (nSPS) is 24.5. The summed E-state index contributed by atoms with van der Waals surface area (Å²) in [4.78, 5) is 39.2. The fourth-order valence-corrected chi connectivity index (χ4v) is 4.87. The van der Waals surface area contributed by atoms with E-state index in [2.05, 4.69) is 0 Å². The van der Waals surface area contributed by atoms with Crippen LogP contribution in [0.3, 0.4) is 0 Å². The summed E-state index contributed by atoms with van der Waals surface area (Å²) in [5.41, 5.74) is 4.32. The number of primary amides is 1. The number of Topliss-reactive ketones (excluding diaryl/α,β-unsaturated/α-hetero) is 1. The van der Waals surface area contributed by atoms with Gasteiger partial charge in [-0.3, -0.25) is 19.7 Å². The Balaban J connectivity index is 1.98. The molecule has 1 saturated heterocycles. The van der Waals surface area contributed by atoms with Crippen LogP contribution in [0, 0.1) is 38.2 Å². The van der Waals surface area contributed by atoms with Crippen LogP contribution in [0.15, 0.2) is 72.5 Å². The zero-order valence-corrected chi connectivity index (χ0v) is 18.5. The Morgan fingerprint density at radius 3 is 2.49 bits per heavy atom. The maximum atomic E-state index is 13.9. The third kappa shape index (κ3) is 3.58. The Labute approximate surface area is 200 Å². The number of ketones is 1. The molecule has 4 rings (SSSR count). The summed E-state index contributed by atoms with van der Waals surface area (Å²) in [7, 11) is 1.49. The molecule has 0 bridgehead atoms. The predicted octanol–water partition coefficient (Wildman–Crippen LogP) is 2.60. The number of allylic oxidation sites excluding steroid dienone is 2. The van der Waals surface area contributed by atoms with Gasteiger partial charge < -0.3 is 15.4 Å². The molecule has 35 heavy (non-hydrogen) atoms. The number of nitriles is 2. The maximum absolute atomic E-state index is 13.9. The number of carbonyl (C=O) groups is 2. The molecule has 1 amide bonds. The fourth-order valence-electron chi connectivity index (χ4n) is 4.87. The van der Waals surface area contributed by atoms with Crippen molar-refractivity contribution in [1.82, 2.24) is 4.90 Å². The Bertz CT molecular complexity index is 1370. The van der Waals surface area contributed by atoms with Crippen LogP contribution in [0.25, 0.3) is 0 Å². The molecule has 2 aliphatic heterocycles. The number of nitro benzene ring substituents is 1. The number of hydrogen-bond acceptors (Lipinski definition) is 8. The van der Waals surface area contributed by atoms with Crippen LogP contribution in [-0.2, 0) is 4.79 Å². The number of rotatable bonds is 6. The minimum Gasteiger partial charge on any atom is -0.497 e. The summed E-state index contributed by atoms with van der Waals surface area (Å²) in [5.74, 6) is -2.06. The minimum atomic E-state index is -1.95. The minimum absolute atomic E-state index is 0.213. The van der Waals surface area contributed by atoms with E-state index in [-0.39, 0.29) is 22.4 Å². The van der Waals surface area contributed by atoms with E-state index in [1.165, 1.54) is 54.6 Å². The average molecular weight is 469 g/mol. The molecule has 1 fully saturated rings. The Hall–Kier alpha value is -4.96.